The highest BCUT2D eigenvalue weighted by Crippen LogP contribution is 2.25. The second-order valence-corrected chi connectivity index (χ2v) is 6.06. The van der Waals surface area contributed by atoms with Crippen LogP contribution in [0, 0.1) is 0 Å². The molecule has 4 heteroatoms. The van der Waals surface area contributed by atoms with Crippen molar-refractivity contribution in [3.05, 3.63) is 106 Å². The Hall–Kier alpha value is -3.40. The zero-order valence-corrected chi connectivity index (χ0v) is 14.1. The third-order valence-electron chi connectivity index (χ3n) is 4.32. The van der Waals surface area contributed by atoms with Gasteiger partial charge in [0.1, 0.15) is 0 Å². The van der Waals surface area contributed by atoms with Gasteiger partial charge in [0.25, 0.3) is 0 Å². The first-order valence-corrected chi connectivity index (χ1v) is 8.25. The summed E-state index contributed by atoms with van der Waals surface area (Å²) in [6.45, 7) is 0. The van der Waals surface area contributed by atoms with Gasteiger partial charge in [-0.05, 0) is 41.2 Å². The van der Waals surface area contributed by atoms with Gasteiger partial charge >= 0.3 is 11.9 Å². The summed E-state index contributed by atoms with van der Waals surface area (Å²) in [5, 5.41) is 19.1. The molecular formula is C22H18O4. The molecule has 0 saturated carbocycles. The first kappa shape index (κ1) is 17.4. The molecule has 0 aliphatic carbocycles. The zero-order valence-electron chi connectivity index (χ0n) is 14.1. The Balaban J connectivity index is 2.15. The van der Waals surface area contributed by atoms with Gasteiger partial charge in [-0.3, -0.25) is 0 Å². The molecule has 3 aromatic rings. The lowest BCUT2D eigenvalue weighted by Gasteiger charge is -2.15. The minimum Gasteiger partial charge on any atom is -0.478 e. The number of carboxylic acid groups (broad SMARTS) is 2. The van der Waals surface area contributed by atoms with Crippen molar-refractivity contribution in [2.45, 2.75) is 12.8 Å². The SMILES string of the molecule is O=C(O)c1ccc(Cc2ccccc2)c(Cc2ccccc2)c1C(=O)O. The van der Waals surface area contributed by atoms with Gasteiger partial charge in [-0.1, -0.05) is 66.7 Å². The maximum atomic E-state index is 11.9. The van der Waals surface area contributed by atoms with E-state index >= 15 is 0 Å². The van der Waals surface area contributed by atoms with Crippen LogP contribution < -0.4 is 0 Å². The molecule has 0 radical (unpaired) electrons. The fourth-order valence-electron chi connectivity index (χ4n) is 3.10. The quantitative estimate of drug-likeness (QED) is 0.699. The van der Waals surface area contributed by atoms with Crippen LogP contribution in [0.5, 0.6) is 0 Å². The van der Waals surface area contributed by atoms with Gasteiger partial charge in [0.2, 0.25) is 0 Å². The number of aromatic carboxylic acids is 2. The van der Waals surface area contributed by atoms with E-state index in [9.17, 15) is 19.8 Å². The second kappa shape index (κ2) is 7.66. The Morgan fingerprint density at radius 3 is 1.69 bits per heavy atom. The molecule has 0 fully saturated rings. The summed E-state index contributed by atoms with van der Waals surface area (Å²) >= 11 is 0. The lowest BCUT2D eigenvalue weighted by molar-refractivity contribution is 0.0650. The highest BCUT2D eigenvalue weighted by atomic mass is 16.4. The molecule has 0 spiro atoms. The highest BCUT2D eigenvalue weighted by molar-refractivity contribution is 6.03. The molecule has 0 bridgehead atoms. The Morgan fingerprint density at radius 1 is 0.654 bits per heavy atom. The van der Waals surface area contributed by atoms with E-state index in [0.717, 1.165) is 16.7 Å². The van der Waals surface area contributed by atoms with Crippen molar-refractivity contribution in [2.24, 2.45) is 0 Å². The molecule has 0 amide bonds. The fraction of sp³-hybridized carbons (Fsp3) is 0.0909. The average molecular weight is 346 g/mol. The Labute approximate surface area is 151 Å². The predicted octanol–water partition coefficient (Wildman–Crippen LogP) is 4.26. The number of carbonyl (C=O) groups is 2. The Morgan fingerprint density at radius 2 is 1.19 bits per heavy atom. The van der Waals surface area contributed by atoms with E-state index in [-0.39, 0.29) is 11.1 Å². The van der Waals surface area contributed by atoms with Gasteiger partial charge in [-0.2, -0.15) is 0 Å². The van der Waals surface area contributed by atoms with E-state index in [1.54, 1.807) is 6.07 Å². The van der Waals surface area contributed by atoms with Crippen molar-refractivity contribution in [1.82, 2.24) is 0 Å². The molecule has 2 N–H and O–H groups in total. The molecule has 0 aliphatic rings. The van der Waals surface area contributed by atoms with Crippen LogP contribution in [0.4, 0.5) is 0 Å². The molecule has 0 atom stereocenters. The summed E-state index contributed by atoms with van der Waals surface area (Å²) in [6, 6.07) is 22.3. The van der Waals surface area contributed by atoms with E-state index in [1.807, 2.05) is 60.7 Å². The summed E-state index contributed by atoms with van der Waals surface area (Å²) in [7, 11) is 0. The van der Waals surface area contributed by atoms with Crippen LogP contribution in [0.1, 0.15) is 43.0 Å². The standard InChI is InChI=1S/C22H18O4/c23-21(24)18-12-11-17(13-15-7-3-1-4-8-15)19(20(18)22(25)26)14-16-9-5-2-6-10-16/h1-12H,13-14H2,(H,23,24)(H,25,26). The van der Waals surface area contributed by atoms with Gasteiger partial charge in [0.15, 0.2) is 0 Å². The van der Waals surface area contributed by atoms with Crippen molar-refractivity contribution in [3.63, 3.8) is 0 Å². The number of rotatable bonds is 6. The molecule has 0 unspecified atom stereocenters. The third kappa shape index (κ3) is 3.81. The number of benzene rings is 3. The summed E-state index contributed by atoms with van der Waals surface area (Å²) in [6.07, 6.45) is 0.912. The Kier molecular flexibility index (Phi) is 5.13. The molecule has 130 valence electrons. The summed E-state index contributed by atoms with van der Waals surface area (Å²) in [5.74, 6) is -2.45. The van der Waals surface area contributed by atoms with Crippen molar-refractivity contribution in [2.75, 3.05) is 0 Å². The van der Waals surface area contributed by atoms with Gasteiger partial charge in [-0.15, -0.1) is 0 Å². The molecule has 4 nitrogen and oxygen atoms in total. The number of hydrogen-bond acceptors (Lipinski definition) is 2. The van der Waals surface area contributed by atoms with Gasteiger partial charge in [-0.25, -0.2) is 9.59 Å². The summed E-state index contributed by atoms with van der Waals surface area (Å²) < 4.78 is 0. The van der Waals surface area contributed by atoms with Crippen LogP contribution in [-0.2, 0) is 12.8 Å². The van der Waals surface area contributed by atoms with Gasteiger partial charge < -0.3 is 10.2 Å². The summed E-state index contributed by atoms with van der Waals surface area (Å²) in [4.78, 5) is 23.4. The smallest absolute Gasteiger partial charge is 0.336 e. The van der Waals surface area contributed by atoms with E-state index in [1.165, 1.54) is 6.07 Å². The molecular weight excluding hydrogens is 328 g/mol. The van der Waals surface area contributed by atoms with Crippen LogP contribution in [0.2, 0.25) is 0 Å². The fourth-order valence-corrected chi connectivity index (χ4v) is 3.10. The molecule has 3 rings (SSSR count). The zero-order chi connectivity index (χ0) is 18.5. The van der Waals surface area contributed by atoms with Crippen LogP contribution in [0.15, 0.2) is 72.8 Å². The van der Waals surface area contributed by atoms with Crippen LogP contribution >= 0.6 is 0 Å². The molecule has 26 heavy (non-hydrogen) atoms. The molecule has 0 heterocycles. The Bertz CT molecular complexity index is 931. The number of hydrogen-bond donors (Lipinski definition) is 2. The summed E-state index contributed by atoms with van der Waals surface area (Å²) in [5.41, 5.74) is 3.04. The predicted molar refractivity (Wildman–Crippen MR) is 98.9 cm³/mol. The molecule has 0 aromatic heterocycles. The lowest BCUT2D eigenvalue weighted by atomic mass is 9.88. The van der Waals surface area contributed by atoms with Crippen LogP contribution in [0.25, 0.3) is 0 Å². The van der Waals surface area contributed by atoms with E-state index in [0.29, 0.717) is 18.4 Å². The monoisotopic (exact) mass is 346 g/mol. The average Bonchev–Trinajstić information content (AvgIpc) is 2.64. The number of carboxylic acids is 2. The maximum Gasteiger partial charge on any atom is 0.336 e. The van der Waals surface area contributed by atoms with Gasteiger partial charge in [0, 0.05) is 0 Å². The first-order valence-electron chi connectivity index (χ1n) is 8.25. The normalized spacial score (nSPS) is 10.5. The minimum absolute atomic E-state index is 0.130. The third-order valence-corrected chi connectivity index (χ3v) is 4.32. The molecule has 0 saturated heterocycles. The topological polar surface area (TPSA) is 74.6 Å². The maximum absolute atomic E-state index is 11.9. The minimum atomic E-state index is -1.23. The second-order valence-electron chi connectivity index (χ2n) is 6.06. The largest absolute Gasteiger partial charge is 0.478 e. The van der Waals surface area contributed by atoms with E-state index < -0.39 is 11.9 Å². The van der Waals surface area contributed by atoms with Crippen LogP contribution in [0.3, 0.4) is 0 Å². The van der Waals surface area contributed by atoms with Crippen molar-refractivity contribution in [1.29, 1.82) is 0 Å². The highest BCUT2D eigenvalue weighted by Gasteiger charge is 2.23. The van der Waals surface area contributed by atoms with Crippen molar-refractivity contribution >= 4 is 11.9 Å². The lowest BCUT2D eigenvalue weighted by Crippen LogP contribution is -2.14. The van der Waals surface area contributed by atoms with Crippen LogP contribution in [-0.4, -0.2) is 22.2 Å². The van der Waals surface area contributed by atoms with E-state index in [4.69, 9.17) is 0 Å². The van der Waals surface area contributed by atoms with Crippen molar-refractivity contribution < 1.29 is 19.8 Å². The van der Waals surface area contributed by atoms with Crippen molar-refractivity contribution in [3.8, 4) is 0 Å². The molecule has 0 aliphatic heterocycles. The molecule has 3 aromatic carbocycles. The van der Waals surface area contributed by atoms with Gasteiger partial charge in [0.05, 0.1) is 11.1 Å². The van der Waals surface area contributed by atoms with E-state index in [2.05, 4.69) is 0 Å². The first-order chi connectivity index (χ1) is 12.6.